The summed E-state index contributed by atoms with van der Waals surface area (Å²) in [7, 11) is -3.40. The zero-order valence-electron chi connectivity index (χ0n) is 14.7. The zero-order valence-corrected chi connectivity index (χ0v) is 15.5. The lowest BCUT2D eigenvalue weighted by atomic mass is 10.00. The first kappa shape index (κ1) is 17.7. The number of sulfone groups is 1. The predicted molar refractivity (Wildman–Crippen MR) is 95.9 cm³/mol. The summed E-state index contributed by atoms with van der Waals surface area (Å²) in [6, 6.07) is 9.65. The minimum absolute atomic E-state index is 0.105. The quantitative estimate of drug-likeness (QED) is 0.825. The highest BCUT2D eigenvalue weighted by Crippen LogP contribution is 2.34. The maximum absolute atomic E-state index is 12.6. The number of aryl methyl sites for hydroxylation is 1. The number of amides is 2. The van der Waals surface area contributed by atoms with Gasteiger partial charge >= 0.3 is 0 Å². The third kappa shape index (κ3) is 3.23. The lowest BCUT2D eigenvalue weighted by molar-refractivity contribution is 0.0774. The molecule has 4 rings (SSSR count). The molecule has 2 aromatic rings. The Labute approximate surface area is 156 Å². The van der Waals surface area contributed by atoms with Gasteiger partial charge in [-0.05, 0) is 19.1 Å². The summed E-state index contributed by atoms with van der Waals surface area (Å²) in [6.07, 6.45) is 0. The van der Waals surface area contributed by atoms with Gasteiger partial charge in [0.05, 0.1) is 11.0 Å². The second kappa shape index (κ2) is 6.49. The van der Waals surface area contributed by atoms with Crippen LogP contribution in [0.2, 0.25) is 0 Å². The molecule has 27 heavy (non-hydrogen) atoms. The number of carbonyl (C=O) groups is 2. The van der Waals surface area contributed by atoms with Gasteiger partial charge in [0.1, 0.15) is 5.76 Å². The molecule has 0 unspecified atom stereocenters. The molecule has 1 N–H and O–H groups in total. The van der Waals surface area contributed by atoms with Crippen LogP contribution in [0.5, 0.6) is 0 Å². The van der Waals surface area contributed by atoms with Crippen molar-refractivity contribution in [1.82, 2.24) is 15.4 Å². The fourth-order valence-corrected chi connectivity index (χ4v) is 6.14. The van der Waals surface area contributed by atoms with Gasteiger partial charge in [0, 0.05) is 36.7 Å². The van der Waals surface area contributed by atoms with E-state index in [0.29, 0.717) is 11.3 Å². The number of carbonyl (C=O) groups excluding carboxylic acids is 2. The Morgan fingerprint density at radius 3 is 2.63 bits per heavy atom. The first-order chi connectivity index (χ1) is 12.8. The molecule has 3 atom stereocenters. The number of hydrogen-bond donors (Lipinski definition) is 1. The first-order valence-electron chi connectivity index (χ1n) is 8.65. The van der Waals surface area contributed by atoms with E-state index in [9.17, 15) is 18.0 Å². The zero-order chi connectivity index (χ0) is 19.2. The Bertz CT molecular complexity index is 985. The van der Waals surface area contributed by atoms with Crippen LogP contribution in [0.3, 0.4) is 0 Å². The maximum Gasteiger partial charge on any atom is 0.276 e. The van der Waals surface area contributed by atoms with Crippen LogP contribution in [-0.4, -0.2) is 60.4 Å². The smallest absolute Gasteiger partial charge is 0.276 e. The van der Waals surface area contributed by atoms with E-state index in [1.54, 1.807) is 37.3 Å². The van der Waals surface area contributed by atoms with E-state index in [1.165, 1.54) is 11.0 Å². The van der Waals surface area contributed by atoms with Gasteiger partial charge in [-0.3, -0.25) is 9.59 Å². The first-order valence-corrected chi connectivity index (χ1v) is 10.4. The summed E-state index contributed by atoms with van der Waals surface area (Å²) >= 11 is 0. The van der Waals surface area contributed by atoms with Crippen LogP contribution in [0.15, 0.2) is 40.9 Å². The highest BCUT2D eigenvalue weighted by atomic mass is 32.2. The average molecular weight is 389 g/mol. The molecule has 2 fully saturated rings. The van der Waals surface area contributed by atoms with Gasteiger partial charge in [-0.1, -0.05) is 23.4 Å². The molecule has 2 saturated heterocycles. The van der Waals surface area contributed by atoms with E-state index < -0.39 is 21.1 Å². The number of benzene rings is 1. The predicted octanol–water partition coefficient (Wildman–Crippen LogP) is 0.651. The Morgan fingerprint density at radius 2 is 1.96 bits per heavy atom. The lowest BCUT2D eigenvalue weighted by Crippen LogP contribution is -2.42. The van der Waals surface area contributed by atoms with Crippen LogP contribution in [0.4, 0.5) is 0 Å². The van der Waals surface area contributed by atoms with Crippen molar-refractivity contribution in [3.05, 3.63) is 53.4 Å². The normalized spacial score (nSPS) is 26.0. The summed E-state index contributed by atoms with van der Waals surface area (Å²) in [6.45, 7) is 2.05. The second-order valence-electron chi connectivity index (χ2n) is 7.01. The monoisotopic (exact) mass is 389 g/mol. The third-order valence-electron chi connectivity index (χ3n) is 5.19. The second-order valence-corrected chi connectivity index (χ2v) is 9.28. The van der Waals surface area contributed by atoms with E-state index >= 15 is 0 Å². The van der Waals surface area contributed by atoms with Crippen LogP contribution < -0.4 is 5.32 Å². The number of nitrogens with zero attached hydrogens (tertiary/aromatic N) is 2. The van der Waals surface area contributed by atoms with Crippen LogP contribution >= 0.6 is 0 Å². The number of rotatable bonds is 3. The van der Waals surface area contributed by atoms with Crippen molar-refractivity contribution >= 4 is 21.7 Å². The molecule has 142 valence electrons. The molecule has 1 aromatic heterocycles. The Hall–Kier alpha value is -2.68. The summed E-state index contributed by atoms with van der Waals surface area (Å²) in [5.74, 6) is -0.595. The van der Waals surface area contributed by atoms with E-state index in [1.807, 2.05) is 0 Å². The van der Waals surface area contributed by atoms with Crippen LogP contribution in [0.1, 0.15) is 26.6 Å². The standard InChI is InChI=1S/C18H19N3O5S/c1-11-7-14(20-26-11)18(23)21-8-13-15(10-27(24,25)16(13)9-21)19-17(22)12-5-3-2-4-6-12/h2-7,13,15-16H,8-10H2,1H3,(H,19,22)/t13-,15+,16-/m0/s1. The topological polar surface area (TPSA) is 110 Å². The average Bonchev–Trinajstić information content (AvgIpc) is 3.32. The Balaban J connectivity index is 1.51. The molecule has 2 amide bonds. The van der Waals surface area contributed by atoms with Crippen molar-refractivity contribution in [2.45, 2.75) is 18.2 Å². The van der Waals surface area contributed by atoms with Gasteiger partial charge in [0.2, 0.25) is 0 Å². The fraction of sp³-hybridized carbons (Fsp3) is 0.389. The molecular weight excluding hydrogens is 370 g/mol. The van der Waals surface area contributed by atoms with Gasteiger partial charge in [-0.15, -0.1) is 0 Å². The Kier molecular flexibility index (Phi) is 4.26. The molecule has 3 heterocycles. The van der Waals surface area contributed by atoms with E-state index in [4.69, 9.17) is 4.52 Å². The van der Waals surface area contributed by atoms with Crippen LogP contribution in [0.25, 0.3) is 0 Å². The molecule has 8 nitrogen and oxygen atoms in total. The van der Waals surface area contributed by atoms with Crippen LogP contribution in [0, 0.1) is 12.8 Å². The van der Waals surface area contributed by atoms with Gasteiger partial charge in [-0.25, -0.2) is 8.42 Å². The fourth-order valence-electron chi connectivity index (χ4n) is 3.85. The van der Waals surface area contributed by atoms with Gasteiger partial charge in [0.25, 0.3) is 11.8 Å². The molecule has 0 bridgehead atoms. The summed E-state index contributed by atoms with van der Waals surface area (Å²) in [5.41, 5.74) is 0.636. The van der Waals surface area contributed by atoms with Gasteiger partial charge < -0.3 is 14.7 Å². The lowest BCUT2D eigenvalue weighted by Gasteiger charge is -2.20. The van der Waals surface area contributed by atoms with E-state index in [-0.39, 0.29) is 42.3 Å². The molecule has 1 aromatic carbocycles. The van der Waals surface area contributed by atoms with Crippen molar-refractivity contribution in [3.63, 3.8) is 0 Å². The number of nitrogens with one attached hydrogen (secondary N) is 1. The molecule has 2 aliphatic heterocycles. The van der Waals surface area contributed by atoms with E-state index in [2.05, 4.69) is 10.5 Å². The molecule has 0 radical (unpaired) electrons. The van der Waals surface area contributed by atoms with E-state index in [0.717, 1.165) is 0 Å². The number of likely N-dealkylation sites (tertiary alicyclic amines) is 1. The van der Waals surface area contributed by atoms with Crippen molar-refractivity contribution in [1.29, 1.82) is 0 Å². The number of fused-ring (bicyclic) bond motifs is 1. The third-order valence-corrected chi connectivity index (χ3v) is 7.43. The molecular formula is C18H19N3O5S. The van der Waals surface area contributed by atoms with Gasteiger partial charge in [0.15, 0.2) is 15.5 Å². The van der Waals surface area contributed by atoms with Crippen molar-refractivity contribution in [2.75, 3.05) is 18.8 Å². The van der Waals surface area contributed by atoms with Gasteiger partial charge in [-0.2, -0.15) is 0 Å². The molecule has 2 aliphatic rings. The summed E-state index contributed by atoms with van der Waals surface area (Å²) in [4.78, 5) is 26.5. The SMILES string of the molecule is Cc1cc(C(=O)N2C[C@H]3[C@H](NC(=O)c4ccccc4)CS(=O)(=O)[C@H]3C2)no1. The highest BCUT2D eigenvalue weighted by Gasteiger charge is 2.53. The number of hydrogen-bond acceptors (Lipinski definition) is 6. The summed E-state index contributed by atoms with van der Waals surface area (Å²) in [5, 5.41) is 5.88. The summed E-state index contributed by atoms with van der Waals surface area (Å²) < 4.78 is 30.0. The molecule has 0 spiro atoms. The molecule has 9 heteroatoms. The maximum atomic E-state index is 12.6. The molecule has 0 saturated carbocycles. The molecule has 0 aliphatic carbocycles. The highest BCUT2D eigenvalue weighted by molar-refractivity contribution is 7.92. The van der Waals surface area contributed by atoms with Crippen molar-refractivity contribution < 1.29 is 22.5 Å². The Morgan fingerprint density at radius 1 is 1.22 bits per heavy atom. The minimum Gasteiger partial charge on any atom is -0.361 e. The van der Waals surface area contributed by atoms with Crippen molar-refractivity contribution in [3.8, 4) is 0 Å². The number of aromatic nitrogens is 1. The largest absolute Gasteiger partial charge is 0.361 e. The minimum atomic E-state index is -3.40. The van der Waals surface area contributed by atoms with Crippen LogP contribution in [-0.2, 0) is 9.84 Å². The van der Waals surface area contributed by atoms with Crippen molar-refractivity contribution in [2.24, 2.45) is 5.92 Å².